The largest absolute Gasteiger partial charge is 0.508 e. The van der Waals surface area contributed by atoms with Crippen molar-refractivity contribution in [2.75, 3.05) is 33.4 Å². The number of phenols is 1. The molecule has 1 amide bonds. The number of unbranched alkanes of at least 4 members (excludes halogenated alkanes) is 1. The topological polar surface area (TPSA) is 85.3 Å². The molecule has 0 fully saturated rings. The molecule has 0 saturated heterocycles. The van der Waals surface area contributed by atoms with E-state index in [0.29, 0.717) is 25.1 Å². The van der Waals surface area contributed by atoms with E-state index in [1.54, 1.807) is 29.2 Å². The molecule has 218 valence electrons. The van der Waals surface area contributed by atoms with Gasteiger partial charge in [0.1, 0.15) is 18.1 Å². The number of hydrogen-bond acceptors (Lipinski definition) is 6. The molecule has 0 unspecified atom stereocenters. The second-order valence-corrected chi connectivity index (χ2v) is 9.99. The number of benzene rings is 4. The zero-order chi connectivity index (χ0) is 29.7. The SMILES string of the molecule is CCCCOC(=O)N(CCc1ccc(O)cc1)CC(=Cc1ccc(C(=O)OC)cc1)COc1cccc2ccccc12. The van der Waals surface area contributed by atoms with E-state index < -0.39 is 5.97 Å². The lowest BCUT2D eigenvalue weighted by atomic mass is 10.1. The average Bonchev–Trinajstić information content (AvgIpc) is 3.02. The smallest absolute Gasteiger partial charge is 0.410 e. The predicted molar refractivity (Wildman–Crippen MR) is 165 cm³/mol. The number of esters is 1. The molecule has 0 heterocycles. The first-order valence-electron chi connectivity index (χ1n) is 14.1. The Balaban J connectivity index is 1.60. The van der Waals surface area contributed by atoms with Gasteiger partial charge in [-0.3, -0.25) is 0 Å². The van der Waals surface area contributed by atoms with Gasteiger partial charge in [0, 0.05) is 18.5 Å². The molecule has 0 aromatic heterocycles. The minimum absolute atomic E-state index is 0.198. The lowest BCUT2D eigenvalue weighted by molar-refractivity contribution is 0.0600. The number of rotatable bonds is 13. The molecular formula is C35H37NO6. The highest BCUT2D eigenvalue weighted by Crippen LogP contribution is 2.26. The molecule has 0 saturated carbocycles. The monoisotopic (exact) mass is 567 g/mol. The molecule has 4 aromatic carbocycles. The van der Waals surface area contributed by atoms with Gasteiger partial charge in [-0.25, -0.2) is 9.59 Å². The Bertz CT molecular complexity index is 1490. The zero-order valence-electron chi connectivity index (χ0n) is 24.1. The van der Waals surface area contributed by atoms with Crippen molar-refractivity contribution >= 4 is 28.9 Å². The normalized spacial score (nSPS) is 11.2. The van der Waals surface area contributed by atoms with Gasteiger partial charge in [0.25, 0.3) is 0 Å². The molecule has 0 spiro atoms. The number of carbonyl (C=O) groups excluding carboxylic acids is 2. The molecule has 4 rings (SSSR count). The Morgan fingerprint density at radius 2 is 1.64 bits per heavy atom. The zero-order valence-corrected chi connectivity index (χ0v) is 24.1. The Morgan fingerprint density at radius 1 is 0.905 bits per heavy atom. The van der Waals surface area contributed by atoms with E-state index in [2.05, 4.69) is 0 Å². The van der Waals surface area contributed by atoms with Crippen LogP contribution in [0.25, 0.3) is 16.8 Å². The first-order chi connectivity index (χ1) is 20.5. The molecule has 0 aliphatic carbocycles. The minimum Gasteiger partial charge on any atom is -0.508 e. The highest BCUT2D eigenvalue weighted by molar-refractivity contribution is 5.89. The highest BCUT2D eigenvalue weighted by Gasteiger charge is 2.18. The van der Waals surface area contributed by atoms with E-state index in [1.165, 1.54) is 7.11 Å². The molecule has 4 aromatic rings. The molecular weight excluding hydrogens is 530 g/mol. The van der Waals surface area contributed by atoms with Crippen LogP contribution in [0.1, 0.15) is 41.3 Å². The minimum atomic E-state index is -0.403. The van der Waals surface area contributed by atoms with Crippen LogP contribution >= 0.6 is 0 Å². The second-order valence-electron chi connectivity index (χ2n) is 9.99. The van der Waals surface area contributed by atoms with E-state index in [-0.39, 0.29) is 25.0 Å². The summed E-state index contributed by atoms with van der Waals surface area (Å²) in [6.07, 6.45) is 3.89. The summed E-state index contributed by atoms with van der Waals surface area (Å²) in [5, 5.41) is 11.7. The molecule has 0 bridgehead atoms. The van der Waals surface area contributed by atoms with Gasteiger partial charge in [-0.15, -0.1) is 0 Å². The van der Waals surface area contributed by atoms with Crippen molar-refractivity contribution in [2.24, 2.45) is 0 Å². The van der Waals surface area contributed by atoms with Crippen molar-refractivity contribution in [3.63, 3.8) is 0 Å². The van der Waals surface area contributed by atoms with Crippen LogP contribution in [0, 0.1) is 0 Å². The summed E-state index contributed by atoms with van der Waals surface area (Å²) in [6, 6.07) is 28.0. The molecule has 1 N–H and O–H groups in total. The molecule has 0 aliphatic rings. The summed E-state index contributed by atoms with van der Waals surface area (Å²) in [5.74, 6) is 0.546. The number of amides is 1. The van der Waals surface area contributed by atoms with Crippen LogP contribution in [0.4, 0.5) is 4.79 Å². The summed E-state index contributed by atoms with van der Waals surface area (Å²) in [5.41, 5.74) is 3.16. The van der Waals surface area contributed by atoms with E-state index in [9.17, 15) is 14.7 Å². The number of carbonyl (C=O) groups is 2. The maximum absolute atomic E-state index is 13.2. The van der Waals surface area contributed by atoms with E-state index in [4.69, 9.17) is 14.2 Å². The van der Waals surface area contributed by atoms with Crippen LogP contribution in [-0.2, 0) is 15.9 Å². The molecule has 0 radical (unpaired) electrons. The summed E-state index contributed by atoms with van der Waals surface area (Å²) in [7, 11) is 1.35. The number of fused-ring (bicyclic) bond motifs is 1. The van der Waals surface area contributed by atoms with Crippen molar-refractivity contribution in [2.45, 2.75) is 26.2 Å². The molecule has 7 nitrogen and oxygen atoms in total. The van der Waals surface area contributed by atoms with E-state index in [0.717, 1.165) is 46.1 Å². The van der Waals surface area contributed by atoms with Crippen molar-refractivity contribution < 1.29 is 28.9 Å². The third-order valence-corrected chi connectivity index (χ3v) is 6.85. The summed E-state index contributed by atoms with van der Waals surface area (Å²) in [4.78, 5) is 26.8. The third-order valence-electron chi connectivity index (χ3n) is 6.85. The first kappa shape index (κ1) is 30.2. The maximum Gasteiger partial charge on any atom is 0.410 e. The van der Waals surface area contributed by atoms with Gasteiger partial charge in [-0.2, -0.15) is 0 Å². The van der Waals surface area contributed by atoms with Gasteiger partial charge >= 0.3 is 12.1 Å². The van der Waals surface area contributed by atoms with E-state index in [1.807, 2.05) is 79.7 Å². The van der Waals surface area contributed by atoms with E-state index >= 15 is 0 Å². The summed E-state index contributed by atoms with van der Waals surface area (Å²) < 4.78 is 16.8. The number of phenolic OH excluding ortho intramolecular Hbond substituents is 1. The Kier molecular flexibility index (Phi) is 11.0. The van der Waals surface area contributed by atoms with Crippen LogP contribution in [0.2, 0.25) is 0 Å². The van der Waals surface area contributed by atoms with Gasteiger partial charge < -0.3 is 24.2 Å². The van der Waals surface area contributed by atoms with Crippen LogP contribution in [0.15, 0.2) is 96.6 Å². The summed E-state index contributed by atoms with van der Waals surface area (Å²) >= 11 is 0. The standard InChI is InChI=1S/C35H37NO6/c1-3-4-22-41-35(39)36(21-20-26-14-18-31(37)19-15-26)24-28(23-27-12-16-30(17-13-27)34(38)40-2)25-42-33-11-7-9-29-8-5-6-10-32(29)33/h5-19,23,37H,3-4,20-22,24-25H2,1-2H3. The Hall–Kier alpha value is -4.78. The number of hydrogen-bond donors (Lipinski definition) is 1. The fourth-order valence-corrected chi connectivity index (χ4v) is 4.50. The van der Waals surface area contributed by atoms with Crippen molar-refractivity contribution in [1.29, 1.82) is 0 Å². The third kappa shape index (κ3) is 8.61. The van der Waals surface area contributed by atoms with Gasteiger partial charge in [0.2, 0.25) is 0 Å². The molecule has 0 aliphatic heterocycles. The van der Waals surface area contributed by atoms with Crippen LogP contribution in [0.3, 0.4) is 0 Å². The van der Waals surface area contributed by atoms with Gasteiger partial charge in [-0.05, 0) is 65.3 Å². The number of methoxy groups -OCH3 is 1. The lowest BCUT2D eigenvalue weighted by Gasteiger charge is -2.24. The van der Waals surface area contributed by atoms with Gasteiger partial charge in [0.15, 0.2) is 0 Å². The lowest BCUT2D eigenvalue weighted by Crippen LogP contribution is -2.36. The quantitative estimate of drug-likeness (QED) is 0.135. The van der Waals surface area contributed by atoms with Crippen molar-refractivity contribution in [3.05, 3.63) is 113 Å². The van der Waals surface area contributed by atoms with Crippen molar-refractivity contribution in [1.82, 2.24) is 4.90 Å². The average molecular weight is 568 g/mol. The summed E-state index contributed by atoms with van der Waals surface area (Å²) in [6.45, 7) is 3.35. The number of aromatic hydroxyl groups is 1. The first-order valence-corrected chi connectivity index (χ1v) is 14.1. The number of ether oxygens (including phenoxy) is 3. The molecule has 7 heteroatoms. The van der Waals surface area contributed by atoms with Crippen LogP contribution in [0.5, 0.6) is 11.5 Å². The Morgan fingerprint density at radius 3 is 2.38 bits per heavy atom. The van der Waals surface area contributed by atoms with Gasteiger partial charge in [-0.1, -0.05) is 80.1 Å². The van der Waals surface area contributed by atoms with Crippen LogP contribution in [-0.4, -0.2) is 55.5 Å². The Labute approximate surface area is 246 Å². The van der Waals surface area contributed by atoms with Gasteiger partial charge in [0.05, 0.1) is 19.3 Å². The molecule has 42 heavy (non-hydrogen) atoms. The molecule has 0 atom stereocenters. The predicted octanol–water partition coefficient (Wildman–Crippen LogP) is 7.28. The van der Waals surface area contributed by atoms with Crippen LogP contribution < -0.4 is 4.74 Å². The maximum atomic E-state index is 13.2. The van der Waals surface area contributed by atoms with Crippen molar-refractivity contribution in [3.8, 4) is 11.5 Å². The highest BCUT2D eigenvalue weighted by atomic mass is 16.6. The second kappa shape index (κ2) is 15.3. The fraction of sp³-hybridized carbons (Fsp3) is 0.257. The number of nitrogens with zero attached hydrogens (tertiary/aromatic N) is 1. The fourth-order valence-electron chi connectivity index (χ4n) is 4.50.